The van der Waals surface area contributed by atoms with Gasteiger partial charge in [0.05, 0.1) is 12.5 Å². The Morgan fingerprint density at radius 1 is 1.18 bits per heavy atom. The number of ether oxygens (including phenoxy) is 1. The second kappa shape index (κ2) is 4.37. The van der Waals surface area contributed by atoms with Crippen LogP contribution in [0, 0.1) is 5.41 Å². The van der Waals surface area contributed by atoms with Gasteiger partial charge in [-0.15, -0.1) is 0 Å². The fourth-order valence-corrected chi connectivity index (χ4v) is 1.40. The first-order chi connectivity index (χ1) is 5.16. The van der Waals surface area contributed by atoms with Gasteiger partial charge in [-0.1, -0.05) is 20.8 Å². The molecule has 0 aromatic heterocycles. The van der Waals surface area contributed by atoms with Gasteiger partial charge >= 0.3 is 5.97 Å². The number of hydrogen-bond donors (Lipinski definition) is 0. The summed E-state index contributed by atoms with van der Waals surface area (Å²) >= 11 is 0. The number of methoxy groups -OCH3 is 1. The third-order valence-corrected chi connectivity index (χ3v) is 2.65. The lowest BCUT2D eigenvalue weighted by atomic mass is 9.80. The molecule has 0 fully saturated rings. The zero-order chi connectivity index (χ0) is 8.91. The first kappa shape index (κ1) is 10.5. The maximum atomic E-state index is 11.3. The first-order valence-corrected chi connectivity index (χ1v) is 4.25. The lowest BCUT2D eigenvalue weighted by molar-refractivity contribution is -0.153. The van der Waals surface area contributed by atoms with Gasteiger partial charge in [-0.25, -0.2) is 0 Å². The molecule has 0 aliphatic heterocycles. The minimum atomic E-state index is -0.227. The number of carbonyl (C=O) groups is 1. The van der Waals surface area contributed by atoms with Crippen molar-refractivity contribution < 1.29 is 9.53 Å². The van der Waals surface area contributed by atoms with E-state index in [2.05, 4.69) is 0 Å². The standard InChI is InChI=1S/C9H18O2/c1-5-9(6-2,7-3)8(10)11-4/h5-7H2,1-4H3. The molecule has 2 nitrogen and oxygen atoms in total. The number of rotatable bonds is 4. The van der Waals surface area contributed by atoms with Crippen LogP contribution < -0.4 is 0 Å². The smallest absolute Gasteiger partial charge is 0.311 e. The van der Waals surface area contributed by atoms with Gasteiger partial charge < -0.3 is 4.74 Å². The van der Waals surface area contributed by atoms with Crippen LogP contribution in [0.4, 0.5) is 0 Å². The molecule has 0 bridgehead atoms. The Labute approximate surface area is 68.9 Å². The van der Waals surface area contributed by atoms with Crippen LogP contribution in [0.3, 0.4) is 0 Å². The summed E-state index contributed by atoms with van der Waals surface area (Å²) in [4.78, 5) is 11.3. The van der Waals surface area contributed by atoms with Crippen LogP contribution in [0.5, 0.6) is 0 Å². The van der Waals surface area contributed by atoms with Crippen molar-refractivity contribution in [2.24, 2.45) is 5.41 Å². The Morgan fingerprint density at radius 2 is 1.55 bits per heavy atom. The second-order valence-corrected chi connectivity index (χ2v) is 2.83. The molecule has 0 aliphatic carbocycles. The molecule has 66 valence electrons. The molecule has 0 amide bonds. The molecule has 0 spiro atoms. The van der Waals surface area contributed by atoms with Gasteiger partial charge in [0.25, 0.3) is 0 Å². The summed E-state index contributed by atoms with van der Waals surface area (Å²) in [6.45, 7) is 6.10. The van der Waals surface area contributed by atoms with Crippen LogP contribution in [0.1, 0.15) is 40.0 Å². The van der Waals surface area contributed by atoms with Crippen molar-refractivity contribution in [2.45, 2.75) is 40.0 Å². The third-order valence-electron chi connectivity index (χ3n) is 2.65. The van der Waals surface area contributed by atoms with E-state index in [1.54, 1.807) is 0 Å². The summed E-state index contributed by atoms with van der Waals surface area (Å²) in [7, 11) is 1.46. The van der Waals surface area contributed by atoms with Crippen LogP contribution in [0.15, 0.2) is 0 Å². The van der Waals surface area contributed by atoms with Crippen molar-refractivity contribution in [2.75, 3.05) is 7.11 Å². The van der Waals surface area contributed by atoms with Gasteiger partial charge in [-0.3, -0.25) is 4.79 Å². The second-order valence-electron chi connectivity index (χ2n) is 2.83. The van der Waals surface area contributed by atoms with E-state index in [0.717, 1.165) is 19.3 Å². The zero-order valence-electron chi connectivity index (χ0n) is 7.94. The number of hydrogen-bond acceptors (Lipinski definition) is 2. The summed E-state index contributed by atoms with van der Waals surface area (Å²) < 4.78 is 4.75. The quantitative estimate of drug-likeness (QED) is 0.587. The Balaban J connectivity index is 4.39. The van der Waals surface area contributed by atoms with E-state index in [1.807, 2.05) is 20.8 Å². The minimum absolute atomic E-state index is 0.0648. The molecule has 0 aliphatic rings. The van der Waals surface area contributed by atoms with Gasteiger partial charge in [-0.05, 0) is 19.3 Å². The predicted molar refractivity (Wildman–Crippen MR) is 45.3 cm³/mol. The van der Waals surface area contributed by atoms with E-state index in [4.69, 9.17) is 4.74 Å². The molecule has 0 N–H and O–H groups in total. The highest BCUT2D eigenvalue weighted by Gasteiger charge is 2.33. The van der Waals surface area contributed by atoms with Crippen molar-refractivity contribution in [1.82, 2.24) is 0 Å². The summed E-state index contributed by atoms with van der Waals surface area (Å²) in [5.74, 6) is -0.0648. The van der Waals surface area contributed by atoms with E-state index >= 15 is 0 Å². The number of carbonyl (C=O) groups excluding carboxylic acids is 1. The van der Waals surface area contributed by atoms with E-state index in [1.165, 1.54) is 7.11 Å². The maximum absolute atomic E-state index is 11.3. The lowest BCUT2D eigenvalue weighted by Gasteiger charge is -2.26. The van der Waals surface area contributed by atoms with Crippen LogP contribution in [0.25, 0.3) is 0 Å². The van der Waals surface area contributed by atoms with Crippen molar-refractivity contribution >= 4 is 5.97 Å². The van der Waals surface area contributed by atoms with Gasteiger partial charge in [0.1, 0.15) is 0 Å². The van der Waals surface area contributed by atoms with Gasteiger partial charge in [0, 0.05) is 0 Å². The Morgan fingerprint density at radius 3 is 1.64 bits per heavy atom. The normalized spacial score (nSPS) is 11.3. The fourth-order valence-electron chi connectivity index (χ4n) is 1.40. The summed E-state index contributed by atoms with van der Waals surface area (Å²) in [6, 6.07) is 0. The zero-order valence-corrected chi connectivity index (χ0v) is 7.94. The largest absolute Gasteiger partial charge is 0.469 e. The Hall–Kier alpha value is -0.530. The average Bonchev–Trinajstić information content (AvgIpc) is 2.08. The molecule has 0 saturated carbocycles. The SMILES string of the molecule is CCC(CC)(CC)C(=O)OC. The average molecular weight is 158 g/mol. The lowest BCUT2D eigenvalue weighted by Crippen LogP contribution is -2.30. The topological polar surface area (TPSA) is 26.3 Å². The maximum Gasteiger partial charge on any atom is 0.311 e. The highest BCUT2D eigenvalue weighted by Crippen LogP contribution is 2.31. The Bertz CT molecular complexity index is 117. The van der Waals surface area contributed by atoms with E-state index in [-0.39, 0.29) is 11.4 Å². The van der Waals surface area contributed by atoms with E-state index in [9.17, 15) is 4.79 Å². The summed E-state index contributed by atoms with van der Waals surface area (Å²) in [6.07, 6.45) is 2.60. The predicted octanol–water partition coefficient (Wildman–Crippen LogP) is 2.38. The molecular weight excluding hydrogens is 140 g/mol. The molecule has 0 rings (SSSR count). The van der Waals surface area contributed by atoms with E-state index < -0.39 is 0 Å². The molecule has 0 heterocycles. The minimum Gasteiger partial charge on any atom is -0.469 e. The van der Waals surface area contributed by atoms with Crippen LogP contribution >= 0.6 is 0 Å². The van der Waals surface area contributed by atoms with Crippen LogP contribution in [0.2, 0.25) is 0 Å². The van der Waals surface area contributed by atoms with Gasteiger partial charge in [0.15, 0.2) is 0 Å². The summed E-state index contributed by atoms with van der Waals surface area (Å²) in [5, 5.41) is 0. The molecule has 2 heteroatoms. The van der Waals surface area contributed by atoms with Crippen molar-refractivity contribution in [3.8, 4) is 0 Å². The monoisotopic (exact) mass is 158 g/mol. The van der Waals surface area contributed by atoms with Gasteiger partial charge in [-0.2, -0.15) is 0 Å². The molecule has 0 unspecified atom stereocenters. The number of esters is 1. The highest BCUT2D eigenvalue weighted by molar-refractivity contribution is 5.76. The van der Waals surface area contributed by atoms with Crippen LogP contribution in [-0.4, -0.2) is 13.1 Å². The highest BCUT2D eigenvalue weighted by atomic mass is 16.5. The van der Waals surface area contributed by atoms with Crippen molar-refractivity contribution in [1.29, 1.82) is 0 Å². The molecule has 0 aromatic rings. The first-order valence-electron chi connectivity index (χ1n) is 4.25. The third kappa shape index (κ3) is 1.95. The molecule has 11 heavy (non-hydrogen) atoms. The molecule has 0 aromatic carbocycles. The molecule has 0 atom stereocenters. The van der Waals surface area contributed by atoms with Gasteiger partial charge in [0.2, 0.25) is 0 Å². The van der Waals surface area contributed by atoms with Crippen LogP contribution in [-0.2, 0) is 9.53 Å². The van der Waals surface area contributed by atoms with Crippen molar-refractivity contribution in [3.63, 3.8) is 0 Å². The Kier molecular flexibility index (Phi) is 4.16. The summed E-state index contributed by atoms with van der Waals surface area (Å²) in [5.41, 5.74) is -0.227. The molecule has 0 radical (unpaired) electrons. The molecule has 0 saturated heterocycles. The fraction of sp³-hybridized carbons (Fsp3) is 0.889. The van der Waals surface area contributed by atoms with E-state index in [0.29, 0.717) is 0 Å². The molecular formula is C9H18O2. The van der Waals surface area contributed by atoms with Crippen molar-refractivity contribution in [3.05, 3.63) is 0 Å².